The molecule has 4 rings (SSSR count). The van der Waals surface area contributed by atoms with E-state index in [4.69, 9.17) is 18.9 Å². The van der Waals surface area contributed by atoms with Gasteiger partial charge in [-0.25, -0.2) is 0 Å². The lowest BCUT2D eigenvalue weighted by Gasteiger charge is -2.37. The summed E-state index contributed by atoms with van der Waals surface area (Å²) in [5.41, 5.74) is 3.18. The van der Waals surface area contributed by atoms with E-state index in [1.165, 1.54) is 5.56 Å². The van der Waals surface area contributed by atoms with Gasteiger partial charge in [0.25, 0.3) is 0 Å². The van der Waals surface area contributed by atoms with Crippen LogP contribution in [0.1, 0.15) is 28.7 Å². The van der Waals surface area contributed by atoms with Crippen molar-refractivity contribution < 1.29 is 18.9 Å². The largest absolute Gasteiger partial charge is 0.497 e. The zero-order chi connectivity index (χ0) is 24.5. The predicted molar refractivity (Wildman–Crippen MR) is 140 cm³/mol. The first-order chi connectivity index (χ1) is 17.2. The second-order valence-electron chi connectivity index (χ2n) is 8.26. The molecule has 0 unspecified atom stereocenters. The Bertz CT molecular complexity index is 1150. The van der Waals surface area contributed by atoms with Crippen molar-refractivity contribution in [1.29, 1.82) is 0 Å². The minimum absolute atomic E-state index is 0.543. The van der Waals surface area contributed by atoms with Gasteiger partial charge < -0.3 is 18.9 Å². The molecule has 0 atom stereocenters. The van der Waals surface area contributed by atoms with Gasteiger partial charge in [-0.15, -0.1) is 0 Å². The molecule has 180 valence electrons. The number of rotatable bonds is 11. The van der Waals surface area contributed by atoms with E-state index in [2.05, 4.69) is 48.5 Å². The third kappa shape index (κ3) is 5.18. The van der Waals surface area contributed by atoms with Crippen LogP contribution in [0.2, 0.25) is 0 Å². The molecule has 4 aromatic carbocycles. The second-order valence-corrected chi connectivity index (χ2v) is 8.26. The minimum atomic E-state index is -0.938. The van der Waals surface area contributed by atoms with Crippen LogP contribution in [0, 0.1) is 0 Å². The van der Waals surface area contributed by atoms with Gasteiger partial charge in [-0.1, -0.05) is 91.0 Å². The monoisotopic (exact) mass is 468 g/mol. The Morgan fingerprint density at radius 1 is 0.629 bits per heavy atom. The van der Waals surface area contributed by atoms with Gasteiger partial charge in [0.05, 0.1) is 21.3 Å². The highest BCUT2D eigenvalue weighted by Crippen LogP contribution is 2.49. The summed E-state index contributed by atoms with van der Waals surface area (Å²) in [6, 6.07) is 34.8. The van der Waals surface area contributed by atoms with Gasteiger partial charge in [0.2, 0.25) is 0 Å². The molecule has 35 heavy (non-hydrogen) atoms. The first kappa shape index (κ1) is 24.4. The molecule has 0 aromatic heterocycles. The van der Waals surface area contributed by atoms with Crippen molar-refractivity contribution in [3.63, 3.8) is 0 Å². The van der Waals surface area contributed by atoms with Crippen LogP contribution >= 0.6 is 0 Å². The second kappa shape index (κ2) is 11.6. The number of methoxy groups -OCH3 is 3. The van der Waals surface area contributed by atoms with Gasteiger partial charge in [-0.2, -0.15) is 0 Å². The van der Waals surface area contributed by atoms with Gasteiger partial charge in [0.1, 0.15) is 11.4 Å². The highest BCUT2D eigenvalue weighted by molar-refractivity contribution is 5.60. The Balaban J connectivity index is 1.87. The van der Waals surface area contributed by atoms with Crippen molar-refractivity contribution in [2.45, 2.75) is 18.4 Å². The van der Waals surface area contributed by atoms with Crippen LogP contribution in [0.4, 0.5) is 0 Å². The molecule has 0 fully saturated rings. The maximum Gasteiger partial charge on any atom is 0.167 e. The molecular weight excluding hydrogens is 436 g/mol. The molecule has 4 aromatic rings. The van der Waals surface area contributed by atoms with Crippen molar-refractivity contribution in [2.75, 3.05) is 27.9 Å². The summed E-state index contributed by atoms with van der Waals surface area (Å²) in [6.07, 6.45) is 1.80. The number of benzene rings is 4. The molecular formula is C31H32O4. The Morgan fingerprint density at radius 2 is 1.20 bits per heavy atom. The van der Waals surface area contributed by atoms with Crippen molar-refractivity contribution in [2.24, 2.45) is 0 Å². The van der Waals surface area contributed by atoms with E-state index in [1.807, 2.05) is 54.6 Å². The maximum absolute atomic E-state index is 6.96. The topological polar surface area (TPSA) is 36.9 Å². The van der Waals surface area contributed by atoms with E-state index in [9.17, 15) is 0 Å². The number of hydrogen-bond acceptors (Lipinski definition) is 4. The molecule has 0 aliphatic heterocycles. The lowest BCUT2D eigenvalue weighted by Crippen LogP contribution is -2.34. The smallest absolute Gasteiger partial charge is 0.167 e. The molecule has 0 aliphatic carbocycles. The SMILES string of the molecule is COc1cc(OC)c(OC)c(C(OCCCc2ccccc2)(c2ccccc2)c2ccccc2)c1. The number of hydrogen-bond donors (Lipinski definition) is 0. The van der Waals surface area contributed by atoms with E-state index < -0.39 is 5.60 Å². The standard InChI is InChI=1S/C31H32O4/c1-32-27-22-28(30(34-3)29(23-27)33-2)31(25-17-9-5-10-18-25,26-19-11-6-12-20-26)35-21-13-16-24-14-7-4-8-15-24/h4-12,14-15,17-20,22-23H,13,16,21H2,1-3H3. The summed E-state index contributed by atoms with van der Waals surface area (Å²) in [4.78, 5) is 0. The van der Waals surface area contributed by atoms with Crippen molar-refractivity contribution >= 4 is 0 Å². The zero-order valence-electron chi connectivity index (χ0n) is 20.6. The maximum atomic E-state index is 6.96. The van der Waals surface area contributed by atoms with E-state index >= 15 is 0 Å². The average molecular weight is 469 g/mol. The molecule has 0 heterocycles. The third-order valence-corrected chi connectivity index (χ3v) is 6.20. The van der Waals surface area contributed by atoms with E-state index in [0.29, 0.717) is 23.9 Å². The van der Waals surface area contributed by atoms with Gasteiger partial charge in [0, 0.05) is 18.2 Å². The summed E-state index contributed by atoms with van der Waals surface area (Å²) in [5.74, 6) is 1.87. The van der Waals surface area contributed by atoms with E-state index in [0.717, 1.165) is 29.5 Å². The van der Waals surface area contributed by atoms with Gasteiger partial charge in [0.15, 0.2) is 11.5 Å². The molecule has 0 aliphatic rings. The van der Waals surface area contributed by atoms with Crippen LogP contribution < -0.4 is 14.2 Å². The molecule has 0 saturated carbocycles. The van der Waals surface area contributed by atoms with Gasteiger partial charge in [-0.05, 0) is 35.6 Å². The fourth-order valence-corrected chi connectivity index (χ4v) is 4.53. The lowest BCUT2D eigenvalue weighted by atomic mass is 9.79. The molecule has 4 heteroatoms. The number of aryl methyl sites for hydroxylation is 1. The molecule has 0 amide bonds. The summed E-state index contributed by atoms with van der Waals surface area (Å²) in [6.45, 7) is 0.543. The van der Waals surface area contributed by atoms with E-state index in [1.54, 1.807) is 21.3 Å². The third-order valence-electron chi connectivity index (χ3n) is 6.20. The normalized spacial score (nSPS) is 11.2. The van der Waals surface area contributed by atoms with Crippen LogP contribution in [0.25, 0.3) is 0 Å². The quantitative estimate of drug-likeness (QED) is 0.182. The fraction of sp³-hybridized carbons (Fsp3) is 0.226. The molecule has 0 saturated heterocycles. The molecule has 0 spiro atoms. The minimum Gasteiger partial charge on any atom is -0.497 e. The first-order valence-electron chi connectivity index (χ1n) is 11.8. The lowest BCUT2D eigenvalue weighted by molar-refractivity contribution is 0.00972. The van der Waals surface area contributed by atoms with Crippen molar-refractivity contribution in [3.05, 3.63) is 125 Å². The van der Waals surface area contributed by atoms with Gasteiger partial charge in [-0.3, -0.25) is 0 Å². The van der Waals surface area contributed by atoms with Crippen molar-refractivity contribution in [1.82, 2.24) is 0 Å². The molecule has 0 radical (unpaired) electrons. The summed E-state index contributed by atoms with van der Waals surface area (Å²) >= 11 is 0. The summed E-state index contributed by atoms with van der Waals surface area (Å²) < 4.78 is 24.3. The van der Waals surface area contributed by atoms with Crippen LogP contribution in [-0.2, 0) is 16.8 Å². The Morgan fingerprint density at radius 3 is 1.71 bits per heavy atom. The van der Waals surface area contributed by atoms with Crippen LogP contribution in [0.15, 0.2) is 103 Å². The highest BCUT2D eigenvalue weighted by Gasteiger charge is 2.41. The Labute approximate surface area is 208 Å². The Hall–Kier alpha value is -3.76. The summed E-state index contributed by atoms with van der Waals surface area (Å²) in [5, 5.41) is 0. The molecule has 0 N–H and O–H groups in total. The summed E-state index contributed by atoms with van der Waals surface area (Å²) in [7, 11) is 4.94. The highest BCUT2D eigenvalue weighted by atomic mass is 16.5. The fourth-order valence-electron chi connectivity index (χ4n) is 4.53. The Kier molecular flexibility index (Phi) is 8.07. The van der Waals surface area contributed by atoms with Crippen LogP contribution in [0.5, 0.6) is 17.2 Å². The first-order valence-corrected chi connectivity index (χ1v) is 11.8. The van der Waals surface area contributed by atoms with Crippen molar-refractivity contribution in [3.8, 4) is 17.2 Å². The zero-order valence-corrected chi connectivity index (χ0v) is 20.6. The average Bonchev–Trinajstić information content (AvgIpc) is 2.94. The van der Waals surface area contributed by atoms with E-state index in [-0.39, 0.29) is 0 Å². The molecule has 0 bridgehead atoms. The van der Waals surface area contributed by atoms with Crippen LogP contribution in [-0.4, -0.2) is 27.9 Å². The number of ether oxygens (including phenoxy) is 4. The van der Waals surface area contributed by atoms with Crippen LogP contribution in [0.3, 0.4) is 0 Å². The van der Waals surface area contributed by atoms with Gasteiger partial charge >= 0.3 is 0 Å². The molecule has 4 nitrogen and oxygen atoms in total. The predicted octanol–water partition coefficient (Wildman–Crippen LogP) is 6.65.